The van der Waals surface area contributed by atoms with Gasteiger partial charge in [0.2, 0.25) is 0 Å². The highest BCUT2D eigenvalue weighted by Gasteiger charge is 2.59. The van der Waals surface area contributed by atoms with Gasteiger partial charge in [-0.2, -0.15) is 8.42 Å². The van der Waals surface area contributed by atoms with E-state index in [9.17, 15) is 13.2 Å². The van der Waals surface area contributed by atoms with Crippen LogP contribution in [0.5, 0.6) is 0 Å². The molecule has 4 rings (SSSR count). The Morgan fingerprint density at radius 1 is 1.06 bits per heavy atom. The number of nitrogens with zero attached hydrogens (tertiary/aromatic N) is 1. The van der Waals surface area contributed by atoms with Crippen molar-refractivity contribution < 1.29 is 21.9 Å². The lowest BCUT2D eigenvalue weighted by Gasteiger charge is -2.56. The van der Waals surface area contributed by atoms with E-state index in [-0.39, 0.29) is 16.6 Å². The Morgan fingerprint density at radius 3 is 2.28 bits per heavy atom. The number of ketones is 1. The van der Waals surface area contributed by atoms with Gasteiger partial charge in [-0.05, 0) is 93.5 Å². The first-order valence-electron chi connectivity index (χ1n) is 12.3. The molecule has 0 aromatic carbocycles. The average Bonchev–Trinajstić information content (AvgIpc) is 3.05. The summed E-state index contributed by atoms with van der Waals surface area (Å²) in [4.78, 5) is 14.1. The molecule has 0 aliphatic heterocycles. The van der Waals surface area contributed by atoms with Crippen LogP contribution in [0.15, 0.2) is 23.8 Å². The number of hydrogen-bond acceptors (Lipinski definition) is 5. The van der Waals surface area contributed by atoms with Gasteiger partial charge >= 0.3 is 10.4 Å². The van der Waals surface area contributed by atoms with Gasteiger partial charge in [-0.3, -0.25) is 9.35 Å². The molecule has 0 unspecified atom stereocenters. The Hall–Kier alpha value is -1.02. The molecule has 6 nitrogen and oxygen atoms in total. The van der Waals surface area contributed by atoms with Gasteiger partial charge in [0.15, 0.2) is 5.78 Å². The van der Waals surface area contributed by atoms with E-state index in [1.54, 1.807) is 6.08 Å². The summed E-state index contributed by atoms with van der Waals surface area (Å²) in [7, 11) is -4.42. The van der Waals surface area contributed by atoms with Crippen LogP contribution in [-0.2, 0) is 19.4 Å². The van der Waals surface area contributed by atoms with Gasteiger partial charge in [-0.1, -0.05) is 46.3 Å². The van der Waals surface area contributed by atoms with E-state index in [0.29, 0.717) is 24.2 Å². The molecule has 0 saturated heterocycles. The van der Waals surface area contributed by atoms with Crippen LogP contribution in [0.3, 0.4) is 0 Å². The first-order valence-corrected chi connectivity index (χ1v) is 13.7. The number of rotatable bonds is 5. The zero-order chi connectivity index (χ0) is 23.7. The van der Waals surface area contributed by atoms with Gasteiger partial charge in [-0.25, -0.2) is 4.18 Å². The van der Waals surface area contributed by atoms with Crippen molar-refractivity contribution >= 4 is 16.2 Å². The Bertz CT molecular complexity index is 856. The van der Waals surface area contributed by atoms with Crippen LogP contribution >= 0.6 is 0 Å². The van der Waals surface area contributed by atoms with Gasteiger partial charge in [0.25, 0.3) is 0 Å². The first-order chi connectivity index (χ1) is 15.0. The molecule has 0 aromatic heterocycles. The van der Waals surface area contributed by atoms with Crippen molar-refractivity contribution in [3.8, 4) is 0 Å². The predicted molar refractivity (Wildman–Crippen MR) is 126 cm³/mol. The maximum absolute atomic E-state index is 11.8. The van der Waals surface area contributed by atoms with Crippen LogP contribution in [0.25, 0.3) is 0 Å². The quantitative estimate of drug-likeness (QED) is 0.583. The van der Waals surface area contributed by atoms with Crippen molar-refractivity contribution in [1.29, 1.82) is 0 Å². The van der Waals surface area contributed by atoms with Gasteiger partial charge in [0.1, 0.15) is 0 Å². The fraction of sp³-hybridized carbons (Fsp3) is 0.800. The van der Waals surface area contributed by atoms with Gasteiger partial charge in [0, 0.05) is 5.41 Å². The number of carbonyl (C=O) groups is 1. The minimum Gasteiger partial charge on any atom is -0.304 e. The molecule has 4 aliphatic carbocycles. The standard InChI is InChI=1S/C19H26O5S.C6H15N/c1-18-9-7-13(20)11-12(18)3-4-14-15-5-6-17(24-25(21,22)23)19(15,2)10-8-16(14)18;1-4-7(5-2)6-3/h7,9,11,14-17H,3-6,8,10H2,1-2H3,(H,21,22,23);4-6H2,1-3H3/t14-,15-,16-,17-,18-,19-;/m0./s1. The second-order valence-electron chi connectivity index (χ2n) is 10.4. The van der Waals surface area contributed by atoms with Gasteiger partial charge < -0.3 is 4.90 Å². The normalized spacial score (nSPS) is 38.3. The number of carbonyl (C=O) groups excluding carboxylic acids is 1. The molecule has 7 heteroatoms. The summed E-state index contributed by atoms with van der Waals surface area (Å²) in [6.45, 7) is 14.5. The molecule has 0 amide bonds. The van der Waals surface area contributed by atoms with E-state index in [0.717, 1.165) is 32.1 Å². The van der Waals surface area contributed by atoms with E-state index < -0.39 is 16.5 Å². The summed E-state index contributed by atoms with van der Waals surface area (Å²) >= 11 is 0. The molecular weight excluding hydrogens is 426 g/mol. The van der Waals surface area contributed by atoms with E-state index >= 15 is 0 Å². The highest BCUT2D eigenvalue weighted by molar-refractivity contribution is 7.80. The van der Waals surface area contributed by atoms with Gasteiger partial charge in [0.05, 0.1) is 6.10 Å². The van der Waals surface area contributed by atoms with E-state index in [1.165, 1.54) is 25.2 Å². The monoisotopic (exact) mass is 467 g/mol. The lowest BCUT2D eigenvalue weighted by molar-refractivity contribution is -0.111. The molecule has 182 valence electrons. The summed E-state index contributed by atoms with van der Waals surface area (Å²) < 4.78 is 36.7. The van der Waals surface area contributed by atoms with E-state index in [2.05, 4.69) is 45.6 Å². The van der Waals surface area contributed by atoms with Crippen LogP contribution < -0.4 is 0 Å². The van der Waals surface area contributed by atoms with Crippen molar-refractivity contribution in [3.63, 3.8) is 0 Å². The Labute approximate surface area is 194 Å². The topological polar surface area (TPSA) is 83.9 Å². The molecule has 32 heavy (non-hydrogen) atoms. The summed E-state index contributed by atoms with van der Waals surface area (Å²) in [6.07, 6.45) is 10.7. The molecule has 0 aromatic rings. The van der Waals surface area contributed by atoms with Crippen molar-refractivity contribution in [2.24, 2.45) is 28.6 Å². The molecular formula is C25H41NO5S. The lowest BCUT2D eigenvalue weighted by atomic mass is 9.48. The Balaban J connectivity index is 0.000000360. The Kier molecular flexibility index (Phi) is 7.75. The van der Waals surface area contributed by atoms with Crippen molar-refractivity contribution in [1.82, 2.24) is 4.90 Å². The highest BCUT2D eigenvalue weighted by Crippen LogP contribution is 2.64. The molecule has 0 heterocycles. The van der Waals surface area contributed by atoms with E-state index in [1.807, 2.05) is 6.08 Å². The Morgan fingerprint density at radius 2 is 1.72 bits per heavy atom. The smallest absolute Gasteiger partial charge is 0.304 e. The molecule has 3 fully saturated rings. The maximum atomic E-state index is 11.8. The van der Waals surface area contributed by atoms with Crippen LogP contribution in [0.1, 0.15) is 73.1 Å². The second kappa shape index (κ2) is 9.69. The number of hydrogen-bond donors (Lipinski definition) is 1. The zero-order valence-corrected chi connectivity index (χ0v) is 21.2. The van der Waals surface area contributed by atoms with Crippen LogP contribution in [0.4, 0.5) is 0 Å². The fourth-order valence-corrected chi connectivity index (χ4v) is 7.73. The largest absolute Gasteiger partial charge is 0.397 e. The van der Waals surface area contributed by atoms with Gasteiger partial charge in [-0.15, -0.1) is 0 Å². The zero-order valence-electron chi connectivity index (χ0n) is 20.3. The predicted octanol–water partition coefficient (Wildman–Crippen LogP) is 4.83. The average molecular weight is 468 g/mol. The molecule has 0 bridgehead atoms. The minimum atomic E-state index is -4.42. The van der Waals surface area contributed by atoms with Crippen LogP contribution in [0.2, 0.25) is 0 Å². The number of allylic oxidation sites excluding steroid dienone is 4. The fourth-order valence-electron chi connectivity index (χ4n) is 7.13. The molecule has 4 aliphatic rings. The molecule has 6 atom stereocenters. The summed E-state index contributed by atoms with van der Waals surface area (Å²) in [5.74, 6) is 1.49. The molecule has 1 N–H and O–H groups in total. The van der Waals surface area contributed by atoms with Crippen LogP contribution in [-0.4, -0.2) is 49.4 Å². The highest BCUT2D eigenvalue weighted by atomic mass is 32.3. The van der Waals surface area contributed by atoms with Crippen molar-refractivity contribution in [2.45, 2.75) is 79.2 Å². The SMILES string of the molecule is CCN(CC)CC.C[C@]12CC[C@H]3[C@@H](CCC4=CC(=O)C=C[C@@]43C)[C@@H]1CC[C@@H]2OS(=O)(=O)O. The van der Waals surface area contributed by atoms with Crippen molar-refractivity contribution in [3.05, 3.63) is 23.8 Å². The van der Waals surface area contributed by atoms with E-state index in [4.69, 9.17) is 8.74 Å². The third-order valence-corrected chi connectivity index (χ3v) is 9.52. The van der Waals surface area contributed by atoms with Crippen LogP contribution in [0, 0.1) is 28.6 Å². The number of fused-ring (bicyclic) bond motifs is 5. The molecule has 0 spiro atoms. The maximum Gasteiger partial charge on any atom is 0.397 e. The minimum absolute atomic E-state index is 0.0554. The molecule has 0 radical (unpaired) electrons. The summed E-state index contributed by atoms with van der Waals surface area (Å²) in [6, 6.07) is 0. The summed E-state index contributed by atoms with van der Waals surface area (Å²) in [5, 5.41) is 0. The van der Waals surface area contributed by atoms with Crippen molar-refractivity contribution in [2.75, 3.05) is 19.6 Å². The summed E-state index contributed by atoms with van der Waals surface area (Å²) in [5.41, 5.74) is 0.997. The lowest BCUT2D eigenvalue weighted by Crippen LogP contribution is -2.50. The molecule has 3 saturated carbocycles. The third-order valence-electron chi connectivity index (χ3n) is 9.05. The first kappa shape index (κ1) is 25.6. The second-order valence-corrected chi connectivity index (χ2v) is 11.4. The third kappa shape index (κ3) is 4.91.